The molecule has 1 heterocycles. The van der Waals surface area contributed by atoms with Gasteiger partial charge in [0.2, 0.25) is 5.95 Å². The van der Waals surface area contributed by atoms with Crippen molar-refractivity contribution in [2.24, 2.45) is 0 Å². The summed E-state index contributed by atoms with van der Waals surface area (Å²) >= 11 is 12.3. The Morgan fingerprint density at radius 2 is 1.81 bits per heavy atom. The number of carbonyl (C=O) groups excluding carboxylic acids is 1. The number of rotatable bonds is 5. The average molecular weight is 390 g/mol. The first-order valence-corrected chi connectivity index (χ1v) is 8.18. The molecule has 0 aliphatic rings. The second-order valence-electron chi connectivity index (χ2n) is 5.08. The van der Waals surface area contributed by atoms with Crippen molar-refractivity contribution in [1.82, 2.24) is 15.2 Å². The third-order valence-electron chi connectivity index (χ3n) is 3.31. The predicted molar refractivity (Wildman–Crippen MR) is 101 cm³/mol. The van der Waals surface area contributed by atoms with Crippen LogP contribution in [0.5, 0.6) is 0 Å². The Bertz CT molecular complexity index is 932. The molecule has 1 aromatic heterocycles. The fourth-order valence-corrected chi connectivity index (χ4v) is 2.62. The number of hydrogen-bond donors (Lipinski definition) is 2. The topological polar surface area (TPSA) is 89.0 Å². The van der Waals surface area contributed by atoms with Gasteiger partial charge in [-0.25, -0.2) is 4.79 Å². The Balaban J connectivity index is 1.81. The number of para-hydroxylation sites is 1. The molecule has 132 valence electrons. The molecular formula is C17H13Cl2N5O2. The van der Waals surface area contributed by atoms with Gasteiger partial charge in [0.1, 0.15) is 0 Å². The molecule has 0 bridgehead atoms. The number of aromatic nitrogens is 3. The van der Waals surface area contributed by atoms with E-state index in [2.05, 4.69) is 25.8 Å². The Morgan fingerprint density at radius 1 is 1.08 bits per heavy atom. The van der Waals surface area contributed by atoms with Gasteiger partial charge in [0.15, 0.2) is 5.82 Å². The molecule has 0 unspecified atom stereocenters. The molecule has 0 saturated carbocycles. The van der Waals surface area contributed by atoms with Crippen LogP contribution in [0.3, 0.4) is 0 Å². The van der Waals surface area contributed by atoms with E-state index in [9.17, 15) is 4.79 Å². The van der Waals surface area contributed by atoms with Crippen LogP contribution in [0.15, 0.2) is 48.7 Å². The number of benzene rings is 2. The predicted octanol–water partition coefficient (Wildman–Crippen LogP) is 4.45. The zero-order valence-corrected chi connectivity index (χ0v) is 15.0. The van der Waals surface area contributed by atoms with Crippen LogP contribution in [-0.4, -0.2) is 28.3 Å². The molecule has 9 heteroatoms. The highest BCUT2D eigenvalue weighted by molar-refractivity contribution is 6.39. The van der Waals surface area contributed by atoms with E-state index in [1.165, 1.54) is 13.3 Å². The summed E-state index contributed by atoms with van der Waals surface area (Å²) in [6.45, 7) is 0. The smallest absolute Gasteiger partial charge is 0.337 e. The first-order chi connectivity index (χ1) is 12.6. The highest BCUT2D eigenvalue weighted by Crippen LogP contribution is 2.32. The molecular weight excluding hydrogens is 377 g/mol. The van der Waals surface area contributed by atoms with Gasteiger partial charge < -0.3 is 15.4 Å². The number of methoxy groups -OCH3 is 1. The van der Waals surface area contributed by atoms with E-state index in [1.807, 2.05) is 0 Å². The van der Waals surface area contributed by atoms with Crippen molar-refractivity contribution in [2.75, 3.05) is 17.7 Å². The highest BCUT2D eigenvalue weighted by atomic mass is 35.5. The van der Waals surface area contributed by atoms with Crippen molar-refractivity contribution in [3.63, 3.8) is 0 Å². The fraction of sp³-hybridized carbons (Fsp3) is 0.0588. The van der Waals surface area contributed by atoms with Crippen LogP contribution in [0, 0.1) is 0 Å². The molecule has 0 aliphatic carbocycles. The molecule has 0 atom stereocenters. The first kappa shape index (κ1) is 17.9. The van der Waals surface area contributed by atoms with Gasteiger partial charge in [-0.15, -0.1) is 5.10 Å². The van der Waals surface area contributed by atoms with Crippen molar-refractivity contribution in [1.29, 1.82) is 0 Å². The molecule has 0 aliphatic heterocycles. The largest absolute Gasteiger partial charge is 0.465 e. The minimum Gasteiger partial charge on any atom is -0.465 e. The Hall–Kier alpha value is -2.90. The van der Waals surface area contributed by atoms with Crippen LogP contribution >= 0.6 is 23.2 Å². The van der Waals surface area contributed by atoms with Crippen LogP contribution in [0.25, 0.3) is 0 Å². The fourth-order valence-electron chi connectivity index (χ4n) is 2.13. The molecule has 0 radical (unpaired) electrons. The van der Waals surface area contributed by atoms with Gasteiger partial charge in [-0.05, 0) is 30.3 Å². The number of nitrogens with one attached hydrogen (secondary N) is 2. The van der Waals surface area contributed by atoms with Crippen LogP contribution in [0.4, 0.5) is 23.1 Å². The molecule has 26 heavy (non-hydrogen) atoms. The lowest BCUT2D eigenvalue weighted by atomic mass is 10.2. The van der Waals surface area contributed by atoms with E-state index < -0.39 is 5.97 Å². The molecule has 2 N–H and O–H groups in total. The summed E-state index contributed by atoms with van der Waals surface area (Å²) in [5.74, 6) is 0.207. The van der Waals surface area contributed by atoms with Crippen molar-refractivity contribution < 1.29 is 9.53 Å². The molecule has 2 aromatic carbocycles. The normalized spacial score (nSPS) is 10.3. The lowest BCUT2D eigenvalue weighted by Gasteiger charge is -2.10. The molecule has 0 spiro atoms. The first-order valence-electron chi connectivity index (χ1n) is 7.43. The van der Waals surface area contributed by atoms with E-state index >= 15 is 0 Å². The number of esters is 1. The summed E-state index contributed by atoms with van der Waals surface area (Å²) in [5.41, 5.74) is 1.54. The van der Waals surface area contributed by atoms with Gasteiger partial charge in [0.25, 0.3) is 0 Å². The standard InChI is InChI=1S/C17H13Cl2N5O2/c1-26-16(25)10-4-2-5-11(8-10)21-17-23-14(9-20-24-17)22-15-12(18)6-3-7-13(15)19/h2-9H,1H3,(H2,21,22,23,24). The van der Waals surface area contributed by atoms with Crippen molar-refractivity contribution in [3.8, 4) is 0 Å². The Labute approximate surface area is 159 Å². The minimum atomic E-state index is -0.434. The third-order valence-corrected chi connectivity index (χ3v) is 3.94. The Kier molecular flexibility index (Phi) is 5.50. The summed E-state index contributed by atoms with van der Waals surface area (Å²) in [5, 5.41) is 14.7. The molecule has 3 rings (SSSR count). The van der Waals surface area contributed by atoms with Crippen molar-refractivity contribution in [2.45, 2.75) is 0 Å². The van der Waals surface area contributed by atoms with Gasteiger partial charge in [0.05, 0.1) is 34.6 Å². The van der Waals surface area contributed by atoms with Gasteiger partial charge in [-0.1, -0.05) is 35.3 Å². The van der Waals surface area contributed by atoms with Gasteiger partial charge >= 0.3 is 5.97 Å². The SMILES string of the molecule is COC(=O)c1cccc(Nc2nncc(Nc3c(Cl)cccc3Cl)n2)c1. The monoisotopic (exact) mass is 389 g/mol. The van der Waals surface area contributed by atoms with Crippen LogP contribution < -0.4 is 10.6 Å². The van der Waals surface area contributed by atoms with Crippen molar-refractivity contribution >= 4 is 52.3 Å². The summed E-state index contributed by atoms with van der Waals surface area (Å²) in [6, 6.07) is 11.9. The molecule has 0 saturated heterocycles. The second-order valence-corrected chi connectivity index (χ2v) is 5.90. The average Bonchev–Trinajstić information content (AvgIpc) is 2.65. The van der Waals surface area contributed by atoms with Crippen molar-refractivity contribution in [3.05, 3.63) is 64.3 Å². The Morgan fingerprint density at radius 3 is 2.54 bits per heavy atom. The maximum absolute atomic E-state index is 11.6. The number of halogens is 2. The number of hydrogen-bond acceptors (Lipinski definition) is 7. The molecule has 0 fully saturated rings. The van der Waals surface area contributed by atoms with Crippen LogP contribution in [-0.2, 0) is 4.74 Å². The van der Waals surface area contributed by atoms with Gasteiger partial charge in [0, 0.05) is 5.69 Å². The summed E-state index contributed by atoms with van der Waals surface area (Å²) in [7, 11) is 1.32. The maximum Gasteiger partial charge on any atom is 0.337 e. The zero-order valence-electron chi connectivity index (χ0n) is 13.5. The number of ether oxygens (including phenoxy) is 1. The quantitative estimate of drug-likeness (QED) is 0.622. The van der Waals surface area contributed by atoms with E-state index in [4.69, 9.17) is 27.9 Å². The molecule has 7 nitrogen and oxygen atoms in total. The van der Waals surface area contributed by atoms with Gasteiger partial charge in [-0.2, -0.15) is 10.1 Å². The molecule has 3 aromatic rings. The van der Waals surface area contributed by atoms with Crippen LogP contribution in [0.2, 0.25) is 10.0 Å². The van der Waals surface area contributed by atoms with E-state index in [1.54, 1.807) is 42.5 Å². The lowest BCUT2D eigenvalue weighted by Crippen LogP contribution is -2.04. The zero-order chi connectivity index (χ0) is 18.5. The van der Waals surface area contributed by atoms with E-state index in [-0.39, 0.29) is 5.95 Å². The van der Waals surface area contributed by atoms with Gasteiger partial charge in [-0.3, -0.25) is 0 Å². The minimum absolute atomic E-state index is 0.236. The summed E-state index contributed by atoms with van der Waals surface area (Å²) < 4.78 is 4.70. The molecule has 0 amide bonds. The summed E-state index contributed by atoms with van der Waals surface area (Å²) in [4.78, 5) is 15.9. The lowest BCUT2D eigenvalue weighted by molar-refractivity contribution is 0.0601. The maximum atomic E-state index is 11.6. The highest BCUT2D eigenvalue weighted by Gasteiger charge is 2.09. The van der Waals surface area contributed by atoms with E-state index in [0.29, 0.717) is 32.8 Å². The number of nitrogens with zero attached hydrogens (tertiary/aromatic N) is 3. The third kappa shape index (κ3) is 4.19. The second kappa shape index (κ2) is 7.99. The van der Waals surface area contributed by atoms with Crippen LogP contribution in [0.1, 0.15) is 10.4 Å². The van der Waals surface area contributed by atoms with E-state index in [0.717, 1.165) is 0 Å². The number of anilines is 4. The number of carbonyl (C=O) groups is 1. The summed E-state index contributed by atoms with van der Waals surface area (Å²) in [6.07, 6.45) is 1.44.